The molecule has 0 N–H and O–H groups in total. The van der Waals surface area contributed by atoms with E-state index >= 15 is 0 Å². The molecule has 0 saturated carbocycles. The third kappa shape index (κ3) is 4.52. The zero-order valence-electron chi connectivity index (χ0n) is 26.9. The van der Waals surface area contributed by atoms with E-state index in [4.69, 9.17) is 19.4 Å². The number of aromatic nitrogens is 4. The van der Waals surface area contributed by atoms with E-state index in [0.29, 0.717) is 17.6 Å². The maximum atomic E-state index is 6.49. The maximum absolute atomic E-state index is 6.49. The quantitative estimate of drug-likeness (QED) is 0.188. The van der Waals surface area contributed by atoms with Gasteiger partial charge in [0.1, 0.15) is 11.2 Å². The molecule has 5 heteroatoms. The molecular formula is C45H28N4O. The van der Waals surface area contributed by atoms with Gasteiger partial charge in [-0.25, -0.2) is 4.98 Å². The lowest BCUT2D eigenvalue weighted by Gasteiger charge is -2.12. The Balaban J connectivity index is 1.28. The SMILES string of the molecule is c1ccc(-c2nc(-c3cc(-c4ccccc4)c4c(c3)oc3ccccc34)nc(-n3c4ccccc4c4c(-c5ccccc5)cccc43)n2)cc1. The first-order valence-corrected chi connectivity index (χ1v) is 16.7. The zero-order chi connectivity index (χ0) is 33.0. The molecule has 0 aliphatic carbocycles. The molecule has 0 amide bonds. The van der Waals surface area contributed by atoms with Gasteiger partial charge >= 0.3 is 0 Å². The van der Waals surface area contributed by atoms with Crippen LogP contribution in [0.5, 0.6) is 0 Å². The number of para-hydroxylation sites is 2. The Morgan fingerprint density at radius 3 is 1.70 bits per heavy atom. The number of furan rings is 1. The first-order valence-electron chi connectivity index (χ1n) is 16.7. The molecule has 0 spiro atoms. The zero-order valence-corrected chi connectivity index (χ0v) is 26.9. The lowest BCUT2D eigenvalue weighted by Crippen LogP contribution is -2.06. The van der Waals surface area contributed by atoms with E-state index in [9.17, 15) is 0 Å². The van der Waals surface area contributed by atoms with Crippen LogP contribution in [-0.4, -0.2) is 19.5 Å². The molecule has 7 aromatic carbocycles. The molecule has 10 rings (SSSR count). The van der Waals surface area contributed by atoms with Gasteiger partial charge in [0.15, 0.2) is 11.6 Å². The van der Waals surface area contributed by atoms with Gasteiger partial charge in [-0.3, -0.25) is 4.57 Å². The Labute approximate surface area is 287 Å². The third-order valence-electron chi connectivity index (χ3n) is 9.46. The molecule has 0 unspecified atom stereocenters. The number of hydrogen-bond acceptors (Lipinski definition) is 4. The molecule has 0 radical (unpaired) electrons. The van der Waals surface area contributed by atoms with Crippen molar-refractivity contribution in [2.45, 2.75) is 0 Å². The van der Waals surface area contributed by atoms with Crippen LogP contribution in [0.3, 0.4) is 0 Å². The fraction of sp³-hybridized carbons (Fsp3) is 0. The van der Waals surface area contributed by atoms with Crippen molar-refractivity contribution in [3.8, 4) is 51.0 Å². The standard InChI is InChI=1S/C45H28N4O/c1-4-15-29(16-5-1)33-23-14-25-38-41(33)34-21-10-12-24-37(34)49(38)45-47-43(31-19-8-3-9-20-31)46-44(48-45)32-27-36(30-17-6-2-7-18-30)42-35-22-11-13-26-39(35)50-40(42)28-32/h1-28H. The maximum Gasteiger partial charge on any atom is 0.238 e. The van der Waals surface area contributed by atoms with Crippen LogP contribution < -0.4 is 0 Å². The van der Waals surface area contributed by atoms with Crippen molar-refractivity contribution in [1.29, 1.82) is 0 Å². The Hall–Kier alpha value is -6.85. The predicted octanol–water partition coefficient (Wildman–Crippen LogP) is 11.5. The van der Waals surface area contributed by atoms with E-state index in [1.54, 1.807) is 0 Å². The van der Waals surface area contributed by atoms with Gasteiger partial charge in [0.2, 0.25) is 5.95 Å². The molecule has 0 aliphatic heterocycles. The molecule has 3 aromatic heterocycles. The highest BCUT2D eigenvalue weighted by molar-refractivity contribution is 6.16. The Morgan fingerprint density at radius 1 is 0.380 bits per heavy atom. The van der Waals surface area contributed by atoms with Gasteiger partial charge in [0.25, 0.3) is 0 Å². The summed E-state index contributed by atoms with van der Waals surface area (Å²) in [5.74, 6) is 1.72. The van der Waals surface area contributed by atoms with Crippen molar-refractivity contribution in [3.63, 3.8) is 0 Å². The summed E-state index contributed by atoms with van der Waals surface area (Å²) in [4.78, 5) is 15.6. The highest BCUT2D eigenvalue weighted by atomic mass is 16.3. The highest BCUT2D eigenvalue weighted by Gasteiger charge is 2.21. The number of fused-ring (bicyclic) bond motifs is 6. The average Bonchev–Trinajstić information content (AvgIpc) is 3.74. The highest BCUT2D eigenvalue weighted by Crippen LogP contribution is 2.41. The van der Waals surface area contributed by atoms with Crippen LogP contribution in [0.4, 0.5) is 0 Å². The molecule has 10 aromatic rings. The summed E-state index contributed by atoms with van der Waals surface area (Å²) in [7, 11) is 0. The molecular weight excluding hydrogens is 613 g/mol. The second kappa shape index (κ2) is 11.4. The van der Waals surface area contributed by atoms with Crippen LogP contribution in [0.25, 0.3) is 94.7 Å². The van der Waals surface area contributed by atoms with Crippen LogP contribution in [0.2, 0.25) is 0 Å². The fourth-order valence-corrected chi connectivity index (χ4v) is 7.23. The minimum absolute atomic E-state index is 0.552. The molecule has 5 nitrogen and oxygen atoms in total. The van der Waals surface area contributed by atoms with Crippen LogP contribution in [0, 0.1) is 0 Å². The van der Waals surface area contributed by atoms with Crippen molar-refractivity contribution in [2.24, 2.45) is 0 Å². The Morgan fingerprint density at radius 2 is 0.960 bits per heavy atom. The Bertz CT molecular complexity index is 2860. The number of nitrogens with zero attached hydrogens (tertiary/aromatic N) is 4. The van der Waals surface area contributed by atoms with Gasteiger partial charge in [0, 0.05) is 32.7 Å². The first kappa shape index (κ1) is 28.2. The molecule has 3 heterocycles. The lowest BCUT2D eigenvalue weighted by atomic mass is 9.97. The van der Waals surface area contributed by atoms with Crippen LogP contribution in [0.1, 0.15) is 0 Å². The van der Waals surface area contributed by atoms with Gasteiger partial charge < -0.3 is 4.42 Å². The first-order chi connectivity index (χ1) is 24.8. The van der Waals surface area contributed by atoms with E-state index in [1.165, 1.54) is 5.56 Å². The van der Waals surface area contributed by atoms with Crippen LogP contribution in [-0.2, 0) is 0 Å². The van der Waals surface area contributed by atoms with Crippen molar-refractivity contribution in [1.82, 2.24) is 19.5 Å². The van der Waals surface area contributed by atoms with E-state index in [-0.39, 0.29) is 0 Å². The van der Waals surface area contributed by atoms with Gasteiger partial charge in [-0.2, -0.15) is 9.97 Å². The van der Waals surface area contributed by atoms with Gasteiger partial charge in [-0.05, 0) is 52.6 Å². The van der Waals surface area contributed by atoms with E-state index in [0.717, 1.165) is 71.6 Å². The van der Waals surface area contributed by atoms with Crippen molar-refractivity contribution in [3.05, 3.63) is 170 Å². The Kier molecular flexibility index (Phi) is 6.42. The van der Waals surface area contributed by atoms with E-state index < -0.39 is 0 Å². The van der Waals surface area contributed by atoms with Crippen LogP contribution in [0.15, 0.2) is 174 Å². The van der Waals surface area contributed by atoms with E-state index in [1.807, 2.05) is 48.5 Å². The van der Waals surface area contributed by atoms with Crippen molar-refractivity contribution < 1.29 is 4.42 Å². The van der Waals surface area contributed by atoms with Crippen molar-refractivity contribution in [2.75, 3.05) is 0 Å². The average molecular weight is 641 g/mol. The molecule has 234 valence electrons. The summed E-state index contributed by atoms with van der Waals surface area (Å²) in [5, 5.41) is 4.45. The lowest BCUT2D eigenvalue weighted by molar-refractivity contribution is 0.669. The minimum Gasteiger partial charge on any atom is -0.456 e. The molecule has 0 aliphatic rings. The summed E-state index contributed by atoms with van der Waals surface area (Å²) in [6.45, 7) is 0. The summed E-state index contributed by atoms with van der Waals surface area (Å²) >= 11 is 0. The second-order valence-electron chi connectivity index (χ2n) is 12.4. The largest absolute Gasteiger partial charge is 0.456 e. The molecule has 0 bridgehead atoms. The summed E-state index contributed by atoms with van der Waals surface area (Å²) < 4.78 is 8.66. The number of hydrogen-bond donors (Lipinski definition) is 0. The molecule has 0 fully saturated rings. The fourth-order valence-electron chi connectivity index (χ4n) is 7.23. The smallest absolute Gasteiger partial charge is 0.238 e. The van der Waals surface area contributed by atoms with Gasteiger partial charge in [-0.15, -0.1) is 0 Å². The second-order valence-corrected chi connectivity index (χ2v) is 12.4. The normalized spacial score (nSPS) is 11.6. The van der Waals surface area contributed by atoms with Gasteiger partial charge in [-0.1, -0.05) is 140 Å². The summed E-state index contributed by atoms with van der Waals surface area (Å²) in [5.41, 5.74) is 9.94. The molecule has 0 atom stereocenters. The van der Waals surface area contributed by atoms with Crippen molar-refractivity contribution >= 4 is 43.7 Å². The number of rotatable bonds is 5. The summed E-state index contributed by atoms with van der Waals surface area (Å²) in [6.07, 6.45) is 0. The minimum atomic E-state index is 0.552. The third-order valence-corrected chi connectivity index (χ3v) is 9.46. The predicted molar refractivity (Wildman–Crippen MR) is 203 cm³/mol. The molecule has 50 heavy (non-hydrogen) atoms. The van der Waals surface area contributed by atoms with Crippen LogP contribution >= 0.6 is 0 Å². The topological polar surface area (TPSA) is 56.7 Å². The molecule has 0 saturated heterocycles. The van der Waals surface area contributed by atoms with Gasteiger partial charge in [0.05, 0.1) is 11.0 Å². The summed E-state index contributed by atoms with van der Waals surface area (Å²) in [6, 6.07) is 58.5. The number of benzene rings is 7. The van der Waals surface area contributed by atoms with E-state index in [2.05, 4.69) is 126 Å². The monoisotopic (exact) mass is 640 g/mol.